The van der Waals surface area contributed by atoms with Crippen molar-refractivity contribution >= 4 is 33.5 Å². The number of anilines is 1. The molecule has 1 N–H and O–H groups in total. The number of nitrogens with one attached hydrogen (secondary N) is 1. The average molecular weight is 727 g/mol. The van der Waals surface area contributed by atoms with Crippen LogP contribution in [0.4, 0.5) is 19.0 Å². The predicted molar refractivity (Wildman–Crippen MR) is 193 cm³/mol. The monoisotopic (exact) mass is 726 g/mol. The Bertz CT molecular complexity index is 2130. The number of nitrogens with zero attached hydrogens (tertiary/aromatic N) is 5. The van der Waals surface area contributed by atoms with Crippen molar-refractivity contribution in [3.8, 4) is 35.4 Å². The van der Waals surface area contributed by atoms with Crippen molar-refractivity contribution < 1.29 is 32.2 Å². The molecule has 0 aliphatic carbocycles. The van der Waals surface area contributed by atoms with Crippen LogP contribution in [0, 0.1) is 29.9 Å². The maximum absolute atomic E-state index is 17.3. The highest BCUT2D eigenvalue weighted by Gasteiger charge is 2.49. The largest absolute Gasteiger partial charge is 0.461 e. The van der Waals surface area contributed by atoms with Gasteiger partial charge in [-0.15, -0.1) is 6.42 Å². The molecule has 0 radical (unpaired) electrons. The Morgan fingerprint density at radius 3 is 2.70 bits per heavy atom. The van der Waals surface area contributed by atoms with Crippen LogP contribution in [0.1, 0.15) is 56.9 Å². The summed E-state index contributed by atoms with van der Waals surface area (Å²) in [7, 11) is 0. The SMILES string of the molecule is C#Cc1c(F)ccc2cc(OC(=O)CC3CCOCC3)cc(-c3ncc4c(N5CC6CCC(C5)N6)nc(OC[C@@]56CCCN5C[C@H](F)C6)nc4c3F)c12. The summed E-state index contributed by atoms with van der Waals surface area (Å²) < 4.78 is 64.6. The first-order valence-corrected chi connectivity index (χ1v) is 18.7. The summed E-state index contributed by atoms with van der Waals surface area (Å²) in [5.74, 6) is 1.37. The Labute approximate surface area is 305 Å². The van der Waals surface area contributed by atoms with E-state index in [0.29, 0.717) is 55.9 Å². The van der Waals surface area contributed by atoms with Crippen LogP contribution in [0.15, 0.2) is 30.5 Å². The highest BCUT2D eigenvalue weighted by molar-refractivity contribution is 6.03. The Balaban J connectivity index is 1.14. The van der Waals surface area contributed by atoms with E-state index in [4.69, 9.17) is 25.6 Å². The predicted octanol–water partition coefficient (Wildman–Crippen LogP) is 5.72. The molecule has 10 nitrogen and oxygen atoms in total. The molecule has 13 heteroatoms. The number of esters is 1. The highest BCUT2D eigenvalue weighted by atomic mass is 19.1. The zero-order valence-electron chi connectivity index (χ0n) is 29.4. The van der Waals surface area contributed by atoms with Crippen LogP contribution in [0.25, 0.3) is 32.9 Å². The van der Waals surface area contributed by atoms with E-state index >= 15 is 8.78 Å². The minimum Gasteiger partial charge on any atom is -0.461 e. The van der Waals surface area contributed by atoms with E-state index in [2.05, 4.69) is 31.0 Å². The van der Waals surface area contributed by atoms with Gasteiger partial charge in [0, 0.05) is 74.9 Å². The van der Waals surface area contributed by atoms with Gasteiger partial charge >= 0.3 is 12.0 Å². The molecule has 4 atom stereocenters. The van der Waals surface area contributed by atoms with Crippen LogP contribution in [-0.4, -0.2) is 95.6 Å². The molecular formula is C40H41F3N6O4. The molecular weight excluding hydrogens is 685 g/mol. The van der Waals surface area contributed by atoms with Crippen LogP contribution >= 0.6 is 0 Å². The third-order valence-electron chi connectivity index (χ3n) is 11.9. The second-order valence-electron chi connectivity index (χ2n) is 15.3. The number of benzene rings is 2. The van der Waals surface area contributed by atoms with E-state index in [0.717, 1.165) is 45.1 Å². The van der Waals surface area contributed by atoms with E-state index in [1.54, 1.807) is 6.07 Å². The Morgan fingerprint density at radius 1 is 1.09 bits per heavy atom. The summed E-state index contributed by atoms with van der Waals surface area (Å²) >= 11 is 0. The van der Waals surface area contributed by atoms with Crippen LogP contribution < -0.4 is 19.7 Å². The topological polar surface area (TPSA) is 102 Å². The van der Waals surface area contributed by atoms with Crippen molar-refractivity contribution in [2.45, 2.75) is 75.2 Å². The number of aromatic nitrogens is 3. The van der Waals surface area contributed by atoms with E-state index in [1.807, 2.05) is 0 Å². The standard InChI is InChI=1S/C40H41F3N6O4/c1-2-29-32(42)7-4-24-15-28(53-33(50)14-23-8-12-51-13-9-23)16-30(34(24)29)36-35(43)37-31(18-44-36)38(48-20-26-5-6-27(21-48)45-26)47-39(46-37)52-22-40-10-3-11-49(40)19-25(41)17-40/h1,4,7,15-16,18,23,25-27,45H,3,5-6,8-14,17,19-22H2/t25-,26?,27?,40+/m1/s1. The number of fused-ring (bicyclic) bond motifs is 5. The van der Waals surface area contributed by atoms with Crippen molar-refractivity contribution in [1.82, 2.24) is 25.2 Å². The lowest BCUT2D eigenvalue weighted by Crippen LogP contribution is -2.51. The van der Waals surface area contributed by atoms with Gasteiger partial charge in [0.25, 0.3) is 0 Å². The number of halogens is 3. The van der Waals surface area contributed by atoms with Gasteiger partial charge in [-0.25, -0.2) is 13.2 Å². The molecule has 5 saturated heterocycles. The zero-order valence-corrected chi connectivity index (χ0v) is 29.4. The molecule has 0 spiro atoms. The van der Waals surface area contributed by atoms with E-state index in [1.165, 1.54) is 24.4 Å². The summed E-state index contributed by atoms with van der Waals surface area (Å²) in [5, 5.41) is 4.74. The van der Waals surface area contributed by atoms with Crippen molar-refractivity contribution in [1.29, 1.82) is 0 Å². The number of terminal acetylenes is 1. The Morgan fingerprint density at radius 2 is 1.91 bits per heavy atom. The van der Waals surface area contributed by atoms with Crippen molar-refractivity contribution in [2.75, 3.05) is 50.9 Å². The maximum Gasteiger partial charge on any atom is 0.319 e. The minimum atomic E-state index is -0.932. The molecule has 2 bridgehead atoms. The number of pyridine rings is 1. The van der Waals surface area contributed by atoms with Gasteiger partial charge in [-0.3, -0.25) is 14.7 Å². The summed E-state index contributed by atoms with van der Waals surface area (Å²) in [4.78, 5) is 31.4. The van der Waals surface area contributed by atoms with Crippen molar-refractivity contribution in [3.05, 3.63) is 47.7 Å². The maximum atomic E-state index is 17.3. The number of alkyl halides is 1. The molecule has 276 valence electrons. The number of piperazine rings is 1. The fourth-order valence-electron chi connectivity index (χ4n) is 9.29. The molecule has 5 aliphatic rings. The van der Waals surface area contributed by atoms with Gasteiger partial charge in [0.2, 0.25) is 0 Å². The molecule has 7 heterocycles. The van der Waals surface area contributed by atoms with Gasteiger partial charge in [0.15, 0.2) is 5.82 Å². The Hall–Kier alpha value is -4.51. The molecule has 2 aromatic carbocycles. The Kier molecular flexibility index (Phi) is 8.87. The number of hydrogen-bond acceptors (Lipinski definition) is 10. The quantitative estimate of drug-likeness (QED) is 0.138. The van der Waals surface area contributed by atoms with Crippen molar-refractivity contribution in [2.24, 2.45) is 5.92 Å². The number of ether oxygens (including phenoxy) is 3. The first kappa shape index (κ1) is 34.3. The molecule has 5 aliphatic heterocycles. The van der Waals surface area contributed by atoms with Crippen LogP contribution in [0.2, 0.25) is 0 Å². The molecule has 53 heavy (non-hydrogen) atoms. The summed E-state index contributed by atoms with van der Waals surface area (Å²) in [6, 6.07) is 6.37. The van der Waals surface area contributed by atoms with Gasteiger partial charge in [-0.05, 0) is 74.6 Å². The number of carbonyl (C=O) groups excluding carboxylic acids is 1. The molecule has 4 aromatic rings. The lowest BCUT2D eigenvalue weighted by molar-refractivity contribution is -0.136. The second-order valence-corrected chi connectivity index (χ2v) is 15.3. The fourth-order valence-corrected chi connectivity index (χ4v) is 9.29. The fraction of sp³-hybridized carbons (Fsp3) is 0.500. The van der Waals surface area contributed by atoms with Gasteiger partial charge in [0.1, 0.15) is 41.4 Å². The van der Waals surface area contributed by atoms with E-state index in [9.17, 15) is 9.18 Å². The lowest BCUT2D eigenvalue weighted by atomic mass is 9.95. The summed E-state index contributed by atoms with van der Waals surface area (Å²) in [5.41, 5.74) is -0.521. The molecule has 2 aromatic heterocycles. The highest BCUT2D eigenvalue weighted by Crippen LogP contribution is 2.42. The van der Waals surface area contributed by atoms with Gasteiger partial charge in [-0.1, -0.05) is 12.0 Å². The van der Waals surface area contributed by atoms with Gasteiger partial charge in [0.05, 0.1) is 16.5 Å². The second kappa shape index (κ2) is 13.7. The number of carbonyl (C=O) groups is 1. The third kappa shape index (κ3) is 6.34. The molecule has 0 saturated carbocycles. The third-order valence-corrected chi connectivity index (χ3v) is 11.9. The number of rotatable bonds is 8. The van der Waals surface area contributed by atoms with Gasteiger partial charge < -0.3 is 24.4 Å². The average Bonchev–Trinajstić information content (AvgIpc) is 3.80. The lowest BCUT2D eigenvalue weighted by Gasteiger charge is -2.34. The summed E-state index contributed by atoms with van der Waals surface area (Å²) in [6.45, 7) is 3.89. The smallest absolute Gasteiger partial charge is 0.319 e. The van der Waals surface area contributed by atoms with Gasteiger partial charge in [-0.2, -0.15) is 9.97 Å². The van der Waals surface area contributed by atoms with E-state index < -0.39 is 29.3 Å². The van der Waals surface area contributed by atoms with Crippen LogP contribution in [-0.2, 0) is 9.53 Å². The normalized spacial score (nSPS) is 25.9. The molecule has 0 amide bonds. The first-order valence-electron chi connectivity index (χ1n) is 18.7. The van der Waals surface area contributed by atoms with Crippen LogP contribution in [0.3, 0.4) is 0 Å². The summed E-state index contributed by atoms with van der Waals surface area (Å²) in [6.07, 6.45) is 12.3. The molecule has 9 rings (SSSR count). The zero-order chi connectivity index (χ0) is 36.3. The molecule has 2 unspecified atom stereocenters. The minimum absolute atomic E-state index is 0.00558. The van der Waals surface area contributed by atoms with Crippen molar-refractivity contribution in [3.63, 3.8) is 0 Å². The first-order chi connectivity index (χ1) is 25.8. The van der Waals surface area contributed by atoms with E-state index in [-0.39, 0.29) is 70.5 Å². The molecule has 5 fully saturated rings. The number of hydrogen-bond donors (Lipinski definition) is 1. The van der Waals surface area contributed by atoms with Crippen LogP contribution in [0.5, 0.6) is 11.8 Å².